The summed E-state index contributed by atoms with van der Waals surface area (Å²) in [7, 11) is 1.87. The fourth-order valence-electron chi connectivity index (χ4n) is 5.18. The van der Waals surface area contributed by atoms with E-state index in [0.29, 0.717) is 25.3 Å². The molecule has 1 aliphatic carbocycles. The molecule has 3 fully saturated rings. The van der Waals surface area contributed by atoms with Crippen LogP contribution < -0.4 is 10.6 Å². The zero-order valence-corrected chi connectivity index (χ0v) is 17.8. The molecule has 1 unspecified atom stereocenters. The van der Waals surface area contributed by atoms with Gasteiger partial charge in [-0.3, -0.25) is 14.5 Å². The Morgan fingerprint density at radius 3 is 2.54 bits per heavy atom. The smallest absolute Gasteiger partial charge is 0.325 e. The van der Waals surface area contributed by atoms with Crippen LogP contribution >= 0.6 is 0 Å². The van der Waals surface area contributed by atoms with Crippen LogP contribution in [0, 0.1) is 11.3 Å². The fraction of sp³-hybridized carbons (Fsp3) is 0.857. The topological polar surface area (TPSA) is 81.8 Å². The van der Waals surface area contributed by atoms with Gasteiger partial charge in [0.15, 0.2) is 0 Å². The third kappa shape index (κ3) is 3.78. The third-order valence-corrected chi connectivity index (χ3v) is 7.53. The lowest BCUT2D eigenvalue weighted by atomic mass is 9.65. The van der Waals surface area contributed by atoms with Crippen molar-refractivity contribution in [2.24, 2.45) is 11.3 Å². The van der Waals surface area contributed by atoms with Crippen molar-refractivity contribution in [3.8, 4) is 0 Å². The molecule has 3 aliphatic rings. The van der Waals surface area contributed by atoms with Crippen LogP contribution in [0.1, 0.15) is 65.7 Å². The van der Waals surface area contributed by atoms with E-state index >= 15 is 0 Å². The summed E-state index contributed by atoms with van der Waals surface area (Å²) < 4.78 is 0. The molecule has 1 saturated carbocycles. The molecule has 2 saturated heterocycles. The highest BCUT2D eigenvalue weighted by Crippen LogP contribution is 2.45. The molecule has 158 valence electrons. The molecular formula is C21H36N4O3. The van der Waals surface area contributed by atoms with Crippen molar-refractivity contribution < 1.29 is 14.4 Å². The first-order valence-electron chi connectivity index (χ1n) is 10.8. The SMILES string of the molecule is CCC(C)(C)C1CCC2(CC1)NC(=O)N(CC(=O)N1CCCC1CNC)C2=O. The number of amides is 4. The van der Waals surface area contributed by atoms with Gasteiger partial charge in [0.2, 0.25) is 5.91 Å². The van der Waals surface area contributed by atoms with Crippen LogP contribution in [0.15, 0.2) is 0 Å². The summed E-state index contributed by atoms with van der Waals surface area (Å²) in [5, 5.41) is 6.07. The van der Waals surface area contributed by atoms with Gasteiger partial charge in [-0.05, 0) is 56.9 Å². The minimum absolute atomic E-state index is 0.126. The van der Waals surface area contributed by atoms with Crippen LogP contribution in [-0.2, 0) is 9.59 Å². The van der Waals surface area contributed by atoms with Gasteiger partial charge in [-0.15, -0.1) is 0 Å². The quantitative estimate of drug-likeness (QED) is 0.679. The molecule has 0 aromatic heterocycles. The normalized spacial score (nSPS) is 31.0. The van der Waals surface area contributed by atoms with E-state index in [-0.39, 0.29) is 29.8 Å². The summed E-state index contributed by atoms with van der Waals surface area (Å²) in [5.41, 5.74) is -0.548. The van der Waals surface area contributed by atoms with Crippen LogP contribution in [-0.4, -0.2) is 65.9 Å². The van der Waals surface area contributed by atoms with Crippen LogP contribution in [0.2, 0.25) is 0 Å². The lowest BCUT2D eigenvalue weighted by Crippen LogP contribution is -2.51. The molecule has 1 atom stereocenters. The van der Waals surface area contributed by atoms with Gasteiger partial charge >= 0.3 is 6.03 Å². The molecule has 28 heavy (non-hydrogen) atoms. The van der Waals surface area contributed by atoms with E-state index < -0.39 is 11.6 Å². The van der Waals surface area contributed by atoms with Gasteiger partial charge in [-0.25, -0.2) is 4.79 Å². The Balaban J connectivity index is 1.63. The summed E-state index contributed by atoms with van der Waals surface area (Å²) in [6.45, 7) is 8.08. The number of imide groups is 1. The molecule has 0 aromatic carbocycles. The highest BCUT2D eigenvalue weighted by atomic mass is 16.2. The van der Waals surface area contributed by atoms with Gasteiger partial charge in [0.25, 0.3) is 5.91 Å². The number of likely N-dealkylation sites (N-methyl/N-ethyl adjacent to an activating group) is 1. The van der Waals surface area contributed by atoms with Crippen LogP contribution in [0.25, 0.3) is 0 Å². The molecule has 7 heteroatoms. The highest BCUT2D eigenvalue weighted by molar-refractivity contribution is 6.09. The molecule has 0 radical (unpaired) electrons. The molecular weight excluding hydrogens is 356 g/mol. The number of nitrogens with zero attached hydrogens (tertiary/aromatic N) is 2. The van der Waals surface area contributed by atoms with Gasteiger partial charge < -0.3 is 15.5 Å². The number of hydrogen-bond acceptors (Lipinski definition) is 4. The average molecular weight is 393 g/mol. The van der Waals surface area contributed by atoms with Crippen LogP contribution in [0.3, 0.4) is 0 Å². The second-order valence-corrected chi connectivity index (χ2v) is 9.46. The summed E-state index contributed by atoms with van der Waals surface area (Å²) in [6, 6.07) is -0.255. The number of nitrogens with one attached hydrogen (secondary N) is 2. The Morgan fingerprint density at radius 2 is 1.93 bits per heavy atom. The Kier molecular flexibility index (Phi) is 6.03. The van der Waals surface area contributed by atoms with E-state index in [1.165, 1.54) is 0 Å². The highest BCUT2D eigenvalue weighted by Gasteiger charge is 2.54. The first-order valence-corrected chi connectivity index (χ1v) is 10.8. The van der Waals surface area contributed by atoms with E-state index in [0.717, 1.165) is 43.5 Å². The lowest BCUT2D eigenvalue weighted by molar-refractivity contribution is -0.140. The van der Waals surface area contributed by atoms with E-state index in [1.807, 2.05) is 11.9 Å². The second kappa shape index (κ2) is 8.01. The van der Waals surface area contributed by atoms with Crippen molar-refractivity contribution in [3.05, 3.63) is 0 Å². The van der Waals surface area contributed by atoms with Crippen molar-refractivity contribution >= 4 is 17.8 Å². The Bertz CT molecular complexity index is 625. The van der Waals surface area contributed by atoms with Crippen molar-refractivity contribution in [2.75, 3.05) is 26.7 Å². The van der Waals surface area contributed by atoms with Crippen molar-refractivity contribution in [2.45, 2.75) is 77.3 Å². The molecule has 4 amide bonds. The van der Waals surface area contributed by atoms with Crippen molar-refractivity contribution in [1.82, 2.24) is 20.4 Å². The predicted molar refractivity (Wildman–Crippen MR) is 108 cm³/mol. The summed E-state index contributed by atoms with van der Waals surface area (Å²) in [5.74, 6) is 0.234. The Morgan fingerprint density at radius 1 is 1.25 bits per heavy atom. The zero-order valence-electron chi connectivity index (χ0n) is 17.8. The van der Waals surface area contributed by atoms with Gasteiger partial charge in [0, 0.05) is 19.1 Å². The maximum Gasteiger partial charge on any atom is 0.325 e. The molecule has 2 N–H and O–H groups in total. The molecule has 7 nitrogen and oxygen atoms in total. The fourth-order valence-corrected chi connectivity index (χ4v) is 5.18. The number of rotatable bonds is 6. The average Bonchev–Trinajstić information content (AvgIpc) is 3.21. The minimum atomic E-state index is -0.799. The number of likely N-dealkylation sites (tertiary alicyclic amines) is 1. The predicted octanol–water partition coefficient (Wildman–Crippen LogP) is 2.11. The van der Waals surface area contributed by atoms with E-state index in [1.54, 1.807) is 0 Å². The standard InChI is InChI=1S/C21H36N4O3/c1-5-20(2,3)15-8-10-21(11-9-15)18(27)25(19(28)23-21)14-17(26)24-12-6-7-16(24)13-22-4/h15-16,22H,5-14H2,1-4H3,(H,23,28). The first kappa shape index (κ1) is 21.1. The number of urea groups is 1. The van der Waals surface area contributed by atoms with E-state index in [4.69, 9.17) is 0 Å². The third-order valence-electron chi connectivity index (χ3n) is 7.53. The first-order chi connectivity index (χ1) is 13.2. The second-order valence-electron chi connectivity index (χ2n) is 9.46. The minimum Gasteiger partial charge on any atom is -0.337 e. The molecule has 0 aromatic rings. The summed E-state index contributed by atoms with van der Waals surface area (Å²) >= 11 is 0. The summed E-state index contributed by atoms with van der Waals surface area (Å²) in [4.78, 5) is 41.5. The maximum atomic E-state index is 13.1. The van der Waals surface area contributed by atoms with E-state index in [2.05, 4.69) is 31.4 Å². The lowest BCUT2D eigenvalue weighted by Gasteiger charge is -2.42. The van der Waals surface area contributed by atoms with Crippen LogP contribution in [0.5, 0.6) is 0 Å². The Labute approximate surface area is 168 Å². The van der Waals surface area contributed by atoms with Gasteiger partial charge in [0.05, 0.1) is 0 Å². The van der Waals surface area contributed by atoms with Gasteiger partial charge in [0.1, 0.15) is 12.1 Å². The zero-order chi connectivity index (χ0) is 20.5. The monoisotopic (exact) mass is 392 g/mol. The van der Waals surface area contributed by atoms with E-state index in [9.17, 15) is 14.4 Å². The number of carbonyl (C=O) groups is 3. The maximum absolute atomic E-state index is 13.1. The molecule has 3 rings (SSSR count). The van der Waals surface area contributed by atoms with Gasteiger partial charge in [-0.1, -0.05) is 27.2 Å². The largest absolute Gasteiger partial charge is 0.337 e. The van der Waals surface area contributed by atoms with Crippen LogP contribution in [0.4, 0.5) is 4.79 Å². The number of carbonyl (C=O) groups excluding carboxylic acids is 3. The van der Waals surface area contributed by atoms with Gasteiger partial charge in [-0.2, -0.15) is 0 Å². The summed E-state index contributed by atoms with van der Waals surface area (Å²) in [6.07, 6.45) is 6.25. The van der Waals surface area contributed by atoms with Crippen molar-refractivity contribution in [1.29, 1.82) is 0 Å². The molecule has 1 spiro atoms. The van der Waals surface area contributed by atoms with Crippen molar-refractivity contribution in [3.63, 3.8) is 0 Å². The molecule has 2 aliphatic heterocycles. The molecule has 0 bridgehead atoms. The molecule has 2 heterocycles. The Hall–Kier alpha value is -1.63. The number of hydrogen-bond donors (Lipinski definition) is 2.